The molecular weight excluding hydrogens is 427 g/mol. The number of benzene rings is 2. The molecule has 1 unspecified atom stereocenters. The molecule has 0 spiro atoms. The first-order chi connectivity index (χ1) is 15.9. The summed E-state index contributed by atoms with van der Waals surface area (Å²) >= 11 is 0. The van der Waals surface area contributed by atoms with Crippen molar-refractivity contribution in [2.24, 2.45) is 5.73 Å². The summed E-state index contributed by atoms with van der Waals surface area (Å²) in [5.41, 5.74) is 6.66. The van der Waals surface area contributed by atoms with Crippen LogP contribution in [0, 0.1) is 12.7 Å². The van der Waals surface area contributed by atoms with Crippen molar-refractivity contribution < 1.29 is 23.8 Å². The Balaban J connectivity index is 0.000000243. The smallest absolute Gasteiger partial charge is 0.404 e. The van der Waals surface area contributed by atoms with Crippen molar-refractivity contribution in [1.29, 1.82) is 0 Å². The van der Waals surface area contributed by atoms with E-state index in [4.69, 9.17) is 10.5 Å². The number of nitrogens with two attached hydrogens (primary N) is 1. The molecule has 0 saturated carbocycles. The molecule has 1 atom stereocenters. The molecule has 8 nitrogen and oxygen atoms in total. The summed E-state index contributed by atoms with van der Waals surface area (Å²) in [6.45, 7) is 5.02. The average molecular weight is 455 g/mol. The Hall–Kier alpha value is -3.46. The van der Waals surface area contributed by atoms with Crippen molar-refractivity contribution in [3.63, 3.8) is 0 Å². The monoisotopic (exact) mass is 454 g/mol. The number of phenolic OH excluding ortho intramolecular Hbond substituents is 1. The molecule has 3 N–H and O–H groups in total. The minimum atomic E-state index is -0.717. The third-order valence-corrected chi connectivity index (χ3v) is 5.62. The lowest BCUT2D eigenvalue weighted by Crippen LogP contribution is -2.22. The summed E-state index contributed by atoms with van der Waals surface area (Å²) in [7, 11) is 0. The van der Waals surface area contributed by atoms with Gasteiger partial charge in [0.15, 0.2) is 5.82 Å². The number of phenols is 1. The van der Waals surface area contributed by atoms with Gasteiger partial charge in [0.1, 0.15) is 23.5 Å². The van der Waals surface area contributed by atoms with E-state index >= 15 is 0 Å². The number of carbonyl (C=O) groups excluding carboxylic acids is 1. The first-order valence-corrected chi connectivity index (χ1v) is 11.0. The summed E-state index contributed by atoms with van der Waals surface area (Å²) < 4.78 is 23.8. The van der Waals surface area contributed by atoms with E-state index in [-0.39, 0.29) is 23.2 Å². The first-order valence-electron chi connectivity index (χ1n) is 11.0. The Bertz CT molecular complexity index is 1120. The van der Waals surface area contributed by atoms with Crippen LogP contribution in [0.25, 0.3) is 22.3 Å². The van der Waals surface area contributed by atoms with Crippen LogP contribution in [0.2, 0.25) is 0 Å². The Labute approximate surface area is 191 Å². The zero-order chi connectivity index (χ0) is 23.4. The Morgan fingerprint density at radius 1 is 1.24 bits per heavy atom. The Morgan fingerprint density at radius 2 is 2.03 bits per heavy atom. The zero-order valence-electron chi connectivity index (χ0n) is 18.5. The largest absolute Gasteiger partial charge is 0.507 e. The number of halogens is 1. The SMILES string of the molecule is Cc1ccc2c(N3CCCC3)nc(-c3c(O)cccc3F)nc2c1.NC(=O)OC1CCOC1. The summed E-state index contributed by atoms with van der Waals surface area (Å²) in [6.07, 6.45) is 2.19. The van der Waals surface area contributed by atoms with E-state index in [1.165, 1.54) is 18.2 Å². The van der Waals surface area contributed by atoms with Gasteiger partial charge in [-0.3, -0.25) is 0 Å². The van der Waals surface area contributed by atoms with Crippen LogP contribution in [-0.2, 0) is 9.47 Å². The number of aryl methyl sites for hydroxylation is 1. The zero-order valence-corrected chi connectivity index (χ0v) is 18.5. The van der Waals surface area contributed by atoms with Crippen molar-refractivity contribution in [1.82, 2.24) is 9.97 Å². The van der Waals surface area contributed by atoms with Crippen molar-refractivity contribution in [2.75, 3.05) is 31.2 Å². The van der Waals surface area contributed by atoms with E-state index in [2.05, 4.69) is 19.6 Å². The molecule has 0 radical (unpaired) electrons. The van der Waals surface area contributed by atoms with Crippen LogP contribution in [0.3, 0.4) is 0 Å². The Morgan fingerprint density at radius 3 is 2.70 bits per heavy atom. The van der Waals surface area contributed by atoms with Crippen molar-refractivity contribution in [2.45, 2.75) is 32.3 Å². The molecule has 0 bridgehead atoms. The standard InChI is InChI=1S/C19H18FN3O.C5H9NO3/c1-12-7-8-13-15(11-12)21-18(17-14(20)5-4-6-16(17)24)22-19(13)23-9-2-3-10-23;6-5(7)9-4-1-2-8-3-4/h4-8,11,24H,2-3,9-10H2,1H3;4H,1-3H2,(H2,6,7). The molecule has 2 aliphatic rings. The highest BCUT2D eigenvalue weighted by Crippen LogP contribution is 2.34. The van der Waals surface area contributed by atoms with E-state index in [1.54, 1.807) is 0 Å². The third kappa shape index (κ3) is 5.31. The summed E-state index contributed by atoms with van der Waals surface area (Å²) in [5, 5.41) is 11.1. The number of aromatic nitrogens is 2. The van der Waals surface area contributed by atoms with E-state index in [0.29, 0.717) is 13.2 Å². The minimum absolute atomic E-state index is 0.0568. The van der Waals surface area contributed by atoms with Gasteiger partial charge >= 0.3 is 6.09 Å². The predicted molar refractivity (Wildman–Crippen MR) is 123 cm³/mol. The maximum atomic E-state index is 14.3. The van der Waals surface area contributed by atoms with Crippen LogP contribution >= 0.6 is 0 Å². The topological polar surface area (TPSA) is 111 Å². The molecule has 5 rings (SSSR count). The van der Waals surface area contributed by atoms with Gasteiger partial charge in [-0.15, -0.1) is 0 Å². The second-order valence-electron chi connectivity index (χ2n) is 8.14. The molecular formula is C24H27FN4O4. The van der Waals surface area contributed by atoms with Gasteiger partial charge in [-0.1, -0.05) is 12.1 Å². The van der Waals surface area contributed by atoms with Gasteiger partial charge in [0.25, 0.3) is 0 Å². The second kappa shape index (κ2) is 9.99. The molecule has 174 valence electrons. The van der Waals surface area contributed by atoms with Crippen LogP contribution in [0.15, 0.2) is 36.4 Å². The highest BCUT2D eigenvalue weighted by molar-refractivity contribution is 5.92. The molecule has 3 aromatic rings. The molecule has 2 fully saturated rings. The van der Waals surface area contributed by atoms with Gasteiger partial charge in [-0.25, -0.2) is 19.2 Å². The van der Waals surface area contributed by atoms with Gasteiger partial charge in [0.2, 0.25) is 0 Å². The van der Waals surface area contributed by atoms with Crippen LogP contribution in [0.1, 0.15) is 24.8 Å². The quantitative estimate of drug-likeness (QED) is 0.617. The molecule has 0 aliphatic carbocycles. The normalized spacial score (nSPS) is 17.6. The van der Waals surface area contributed by atoms with Crippen molar-refractivity contribution in [3.05, 3.63) is 47.8 Å². The number of hydrogen-bond donors (Lipinski definition) is 2. The molecule has 2 saturated heterocycles. The predicted octanol–water partition coefficient (Wildman–Crippen LogP) is 3.92. The number of carbonyl (C=O) groups is 1. The lowest BCUT2D eigenvalue weighted by atomic mass is 10.1. The molecule has 1 amide bonds. The van der Waals surface area contributed by atoms with Crippen LogP contribution in [0.5, 0.6) is 5.75 Å². The van der Waals surface area contributed by atoms with Gasteiger partial charge in [-0.05, 0) is 49.6 Å². The van der Waals surface area contributed by atoms with Gasteiger partial charge in [-0.2, -0.15) is 0 Å². The van der Waals surface area contributed by atoms with E-state index < -0.39 is 11.9 Å². The van der Waals surface area contributed by atoms with Crippen LogP contribution in [-0.4, -0.2) is 53.6 Å². The first kappa shape index (κ1) is 22.7. The maximum Gasteiger partial charge on any atom is 0.404 e. The number of anilines is 1. The number of hydrogen-bond acceptors (Lipinski definition) is 7. The van der Waals surface area contributed by atoms with E-state index in [9.17, 15) is 14.3 Å². The fraction of sp³-hybridized carbons (Fsp3) is 0.375. The number of primary amides is 1. The minimum Gasteiger partial charge on any atom is -0.507 e. The number of aromatic hydroxyl groups is 1. The maximum absolute atomic E-state index is 14.3. The molecule has 3 heterocycles. The third-order valence-electron chi connectivity index (χ3n) is 5.62. The van der Waals surface area contributed by atoms with Gasteiger partial charge in [0, 0.05) is 24.9 Å². The lowest BCUT2D eigenvalue weighted by Gasteiger charge is -2.19. The molecule has 33 heavy (non-hydrogen) atoms. The van der Waals surface area contributed by atoms with E-state index in [0.717, 1.165) is 54.6 Å². The van der Waals surface area contributed by atoms with Gasteiger partial charge < -0.3 is 25.2 Å². The van der Waals surface area contributed by atoms with Crippen LogP contribution < -0.4 is 10.6 Å². The number of rotatable bonds is 3. The number of amides is 1. The highest BCUT2D eigenvalue weighted by Gasteiger charge is 2.21. The van der Waals surface area contributed by atoms with E-state index in [1.807, 2.05) is 25.1 Å². The molecule has 1 aromatic heterocycles. The number of fused-ring (bicyclic) bond motifs is 1. The van der Waals surface area contributed by atoms with Gasteiger partial charge in [0.05, 0.1) is 24.3 Å². The Kier molecular flexibility index (Phi) is 6.88. The average Bonchev–Trinajstić information content (AvgIpc) is 3.47. The lowest BCUT2D eigenvalue weighted by molar-refractivity contribution is 0.0900. The van der Waals surface area contributed by atoms with Crippen LogP contribution in [0.4, 0.5) is 15.0 Å². The fourth-order valence-electron chi connectivity index (χ4n) is 4.01. The van der Waals surface area contributed by atoms with Crippen molar-refractivity contribution >= 4 is 22.8 Å². The molecule has 9 heteroatoms. The summed E-state index contributed by atoms with van der Waals surface area (Å²) in [6, 6.07) is 10.3. The second-order valence-corrected chi connectivity index (χ2v) is 8.14. The number of nitrogens with zero attached hydrogens (tertiary/aromatic N) is 3. The summed E-state index contributed by atoms with van der Waals surface area (Å²) in [5.74, 6) is 0.379. The molecule has 2 aliphatic heterocycles. The molecule has 2 aromatic carbocycles. The highest BCUT2D eigenvalue weighted by atomic mass is 19.1. The van der Waals surface area contributed by atoms with Crippen molar-refractivity contribution in [3.8, 4) is 17.1 Å². The fourth-order valence-corrected chi connectivity index (χ4v) is 4.01. The number of ether oxygens (including phenoxy) is 2. The summed E-state index contributed by atoms with van der Waals surface area (Å²) in [4.78, 5) is 21.5.